The number of rotatable bonds is 34. The zero-order chi connectivity index (χ0) is 55.1. The lowest BCUT2D eigenvalue weighted by molar-refractivity contribution is -0.374. The van der Waals surface area contributed by atoms with Crippen molar-refractivity contribution in [2.24, 2.45) is 0 Å². The van der Waals surface area contributed by atoms with Gasteiger partial charge in [-0.2, -0.15) is 0 Å². The summed E-state index contributed by atoms with van der Waals surface area (Å²) in [5, 5.41) is 86.9. The molecule has 0 bridgehead atoms. The lowest BCUT2D eigenvalue weighted by Gasteiger charge is -2.49. The van der Waals surface area contributed by atoms with Crippen LogP contribution >= 0.6 is 0 Å². The summed E-state index contributed by atoms with van der Waals surface area (Å²) in [7, 11) is 0. The number of hydrogen-bond acceptors (Lipinski definition) is 26. The minimum atomic E-state index is -1.88. The maximum Gasteiger partial charge on any atom is 0.333 e. The summed E-state index contributed by atoms with van der Waals surface area (Å²) in [6, 6.07) is 0. The van der Waals surface area contributed by atoms with E-state index in [0.29, 0.717) is 0 Å². The Labute approximate surface area is 422 Å². The second-order valence-electron chi connectivity index (χ2n) is 17.2. The molecule has 0 amide bonds. The normalized spacial score (nSPS) is 25.9. The monoisotopic (exact) mass is 1050 g/mol. The fourth-order valence-corrected chi connectivity index (χ4v) is 6.17. The molecular formula is C47H72O26. The predicted molar refractivity (Wildman–Crippen MR) is 246 cm³/mol. The molecule has 2 aliphatic rings. The fraction of sp³-hybridized carbons (Fsp3) is 0.681. The van der Waals surface area contributed by atoms with E-state index in [-0.39, 0.29) is 27.9 Å². The summed E-state index contributed by atoms with van der Waals surface area (Å²) < 4.78 is 73.8. The molecule has 26 heteroatoms. The van der Waals surface area contributed by atoms with E-state index in [1.807, 2.05) is 0 Å². The van der Waals surface area contributed by atoms with Gasteiger partial charge in [0.2, 0.25) is 0 Å². The summed E-state index contributed by atoms with van der Waals surface area (Å²) >= 11 is 0. The van der Waals surface area contributed by atoms with Gasteiger partial charge in [0, 0.05) is 27.9 Å². The molecule has 2 heterocycles. The van der Waals surface area contributed by atoms with Crippen molar-refractivity contribution in [1.29, 1.82) is 0 Å². The number of ether oxygens (including phenoxy) is 13. The maximum atomic E-state index is 12.2. The first-order valence-corrected chi connectivity index (χ1v) is 22.8. The van der Waals surface area contributed by atoms with Crippen LogP contribution < -0.4 is 0 Å². The van der Waals surface area contributed by atoms with Crippen LogP contribution in [-0.2, 0) is 85.6 Å². The largest absolute Gasteiger partial charge is 0.460 e. The molecule has 2 fully saturated rings. The van der Waals surface area contributed by atoms with E-state index in [0.717, 1.165) is 0 Å². The second kappa shape index (κ2) is 32.7. The highest BCUT2D eigenvalue weighted by Crippen LogP contribution is 2.34. The molecule has 0 spiro atoms. The van der Waals surface area contributed by atoms with Gasteiger partial charge in [0.05, 0.1) is 46.2 Å². The van der Waals surface area contributed by atoms with Gasteiger partial charge in [0.15, 0.2) is 12.6 Å². The first-order valence-electron chi connectivity index (χ1n) is 22.8. The van der Waals surface area contributed by atoms with E-state index in [1.165, 1.54) is 34.6 Å². The van der Waals surface area contributed by atoms with Crippen molar-refractivity contribution < 1.29 is 126 Å². The molecule has 8 N–H and O–H groups in total. The third kappa shape index (κ3) is 22.4. The summed E-state index contributed by atoms with van der Waals surface area (Å²) in [4.78, 5) is 60.5. The molecule has 15 atom stereocenters. The van der Waals surface area contributed by atoms with Gasteiger partial charge in [-0.25, -0.2) is 24.0 Å². The smallest absolute Gasteiger partial charge is 0.333 e. The quantitative estimate of drug-likeness (QED) is 0.0182. The Morgan fingerprint density at radius 2 is 0.671 bits per heavy atom. The Morgan fingerprint density at radius 1 is 0.397 bits per heavy atom. The number of carbonyl (C=O) groups excluding carboxylic acids is 5. The van der Waals surface area contributed by atoms with E-state index in [9.17, 15) is 64.8 Å². The fourth-order valence-electron chi connectivity index (χ4n) is 6.17. The maximum absolute atomic E-state index is 12.2. The molecule has 2 rings (SSSR count). The van der Waals surface area contributed by atoms with Crippen molar-refractivity contribution in [3.63, 3.8) is 0 Å². The van der Waals surface area contributed by atoms with Crippen molar-refractivity contribution in [2.45, 2.75) is 127 Å². The Hall–Kier alpha value is -4.59. The van der Waals surface area contributed by atoms with Gasteiger partial charge >= 0.3 is 29.8 Å². The van der Waals surface area contributed by atoms with E-state index < -0.39 is 201 Å². The van der Waals surface area contributed by atoms with Crippen LogP contribution in [-0.4, -0.2) is 242 Å². The topological polar surface area (TPSA) is 367 Å². The minimum Gasteiger partial charge on any atom is -0.460 e. The molecule has 0 aromatic heterocycles. The first kappa shape index (κ1) is 64.5. The summed E-state index contributed by atoms with van der Waals surface area (Å²) in [6.45, 7) is 15.9. The van der Waals surface area contributed by atoms with Crippen molar-refractivity contribution in [1.82, 2.24) is 0 Å². The number of aliphatic hydroxyl groups is 8. The molecule has 0 aliphatic carbocycles. The average Bonchev–Trinajstić information content (AvgIpc) is 3.34. The standard InChI is InChI=1S/C47H72O26/c1-23(2)41(56)65-17-28(50)13-61-37-35(55)33(11-48)71-47(39(37)63-15-30(52)19-67-43(58)25(5)6)73-36-34(12-49)72-46(70-22-32(54)21-69-45(60)27(9)10)40(64-16-31(53)20-68-44(59)26(7)8)38(36)62-14-29(51)18-66-42(57)24(3)4/h28-40,46-55H,1,3,5,7,9,11-22H2,2,4,6,8,10H3/t28?,29?,30?,31?,32?,33-,34-,35+,36-,37+,38+,39-,40-,46?,47+/m1/s1. The van der Waals surface area contributed by atoms with Gasteiger partial charge in [0.25, 0.3) is 0 Å². The highest BCUT2D eigenvalue weighted by Gasteiger charge is 2.54. The van der Waals surface area contributed by atoms with Crippen LogP contribution in [0.2, 0.25) is 0 Å². The lowest BCUT2D eigenvalue weighted by Crippen LogP contribution is -2.66. The molecule has 26 nitrogen and oxygen atoms in total. The SMILES string of the molecule is C=C(C)C(=O)OCC(O)COC1O[C@H](CO)[C@@H](O[C@@H]2O[C@H](CO)[C@H](O)[C@H](OCC(O)COC(=O)C(=C)C)[C@H]2OCC(O)COC(=O)C(=C)C)[C@H](OCC(O)COC(=O)C(=C)C)[C@H]1OCC(O)COC(=O)C(=C)C. The first-order chi connectivity index (χ1) is 34.3. The molecule has 2 saturated heterocycles. The number of hydrogen-bond donors (Lipinski definition) is 8. The molecular weight excluding hydrogens is 980 g/mol. The van der Waals surface area contributed by atoms with Crippen LogP contribution in [0.15, 0.2) is 60.8 Å². The van der Waals surface area contributed by atoms with E-state index in [4.69, 9.17) is 61.6 Å². The van der Waals surface area contributed by atoms with E-state index in [2.05, 4.69) is 32.9 Å². The summed E-state index contributed by atoms with van der Waals surface area (Å²) in [6.07, 6.45) is -24.7. The van der Waals surface area contributed by atoms with Crippen molar-refractivity contribution in [3.05, 3.63) is 60.8 Å². The van der Waals surface area contributed by atoms with Crippen LogP contribution in [0.5, 0.6) is 0 Å². The van der Waals surface area contributed by atoms with Gasteiger partial charge in [-0.3, -0.25) is 0 Å². The molecule has 416 valence electrons. The van der Waals surface area contributed by atoms with Crippen LogP contribution in [0.25, 0.3) is 0 Å². The van der Waals surface area contributed by atoms with Gasteiger partial charge in [-0.1, -0.05) is 32.9 Å². The molecule has 6 unspecified atom stereocenters. The Kier molecular flexibility index (Phi) is 28.9. The number of carbonyl (C=O) groups is 5. The van der Waals surface area contributed by atoms with Crippen molar-refractivity contribution in [2.75, 3.05) is 79.3 Å². The Bertz CT molecular complexity index is 1850. The molecule has 0 saturated carbocycles. The molecule has 0 radical (unpaired) electrons. The van der Waals surface area contributed by atoms with E-state index in [1.54, 1.807) is 0 Å². The zero-order valence-electron chi connectivity index (χ0n) is 41.6. The minimum absolute atomic E-state index is 0.00767. The van der Waals surface area contributed by atoms with Crippen LogP contribution in [0.1, 0.15) is 34.6 Å². The summed E-state index contributed by atoms with van der Waals surface area (Å²) in [5.74, 6) is -4.20. The van der Waals surface area contributed by atoms with Crippen LogP contribution in [0.4, 0.5) is 0 Å². The third-order valence-corrected chi connectivity index (χ3v) is 10.0. The molecule has 0 aromatic rings. The highest BCUT2D eigenvalue weighted by molar-refractivity contribution is 5.88. The highest BCUT2D eigenvalue weighted by atomic mass is 16.8. The van der Waals surface area contributed by atoms with Gasteiger partial charge < -0.3 is 102 Å². The third-order valence-electron chi connectivity index (χ3n) is 10.0. The molecule has 73 heavy (non-hydrogen) atoms. The van der Waals surface area contributed by atoms with Gasteiger partial charge in [-0.05, 0) is 34.6 Å². The zero-order valence-corrected chi connectivity index (χ0v) is 41.6. The summed E-state index contributed by atoms with van der Waals surface area (Å²) in [5.41, 5.74) is 0.101. The number of aliphatic hydroxyl groups excluding tert-OH is 8. The Morgan fingerprint density at radius 3 is 0.986 bits per heavy atom. The van der Waals surface area contributed by atoms with Crippen molar-refractivity contribution in [3.8, 4) is 0 Å². The average molecular weight is 1050 g/mol. The number of esters is 5. The van der Waals surface area contributed by atoms with Crippen LogP contribution in [0.3, 0.4) is 0 Å². The second-order valence-corrected chi connectivity index (χ2v) is 17.2. The Balaban J connectivity index is 2.72. The molecule has 2 aliphatic heterocycles. The lowest BCUT2D eigenvalue weighted by atomic mass is 9.96. The van der Waals surface area contributed by atoms with E-state index >= 15 is 0 Å². The van der Waals surface area contributed by atoms with Crippen molar-refractivity contribution >= 4 is 29.8 Å². The van der Waals surface area contributed by atoms with Gasteiger partial charge in [-0.15, -0.1) is 0 Å². The van der Waals surface area contributed by atoms with Crippen LogP contribution in [0, 0.1) is 0 Å². The molecule has 0 aromatic carbocycles. The predicted octanol–water partition coefficient (Wildman–Crippen LogP) is -2.87. The van der Waals surface area contributed by atoms with Gasteiger partial charge in [0.1, 0.15) is 112 Å².